The molecule has 3 aromatic heterocycles. The summed E-state index contributed by atoms with van der Waals surface area (Å²) in [5.41, 5.74) is 1.77. The minimum absolute atomic E-state index is 0.0942. The minimum Gasteiger partial charge on any atom is -0.423 e. The van der Waals surface area contributed by atoms with Crippen molar-refractivity contribution in [3.63, 3.8) is 0 Å². The van der Waals surface area contributed by atoms with E-state index in [9.17, 15) is 8.42 Å². The molecule has 0 bridgehead atoms. The van der Waals surface area contributed by atoms with Gasteiger partial charge in [-0.3, -0.25) is 0 Å². The number of nitrogens with one attached hydrogen (secondary N) is 1. The van der Waals surface area contributed by atoms with Crippen molar-refractivity contribution in [2.75, 3.05) is 4.72 Å². The summed E-state index contributed by atoms with van der Waals surface area (Å²) in [6.45, 7) is 0. The Morgan fingerprint density at radius 1 is 1.21 bits per heavy atom. The maximum atomic E-state index is 12.6. The first-order valence-corrected chi connectivity index (χ1v) is 9.34. The summed E-state index contributed by atoms with van der Waals surface area (Å²) in [4.78, 5) is 4.09. The van der Waals surface area contributed by atoms with Crippen LogP contribution in [0.5, 0.6) is 0 Å². The molecule has 0 aliphatic rings. The highest BCUT2D eigenvalue weighted by molar-refractivity contribution is 7.94. The molecule has 0 aliphatic heterocycles. The van der Waals surface area contributed by atoms with Crippen molar-refractivity contribution < 1.29 is 17.4 Å². The van der Waals surface area contributed by atoms with E-state index in [1.165, 1.54) is 6.26 Å². The molecule has 0 amide bonds. The monoisotopic (exact) mass is 381 g/mol. The lowest BCUT2D eigenvalue weighted by Gasteiger charge is -2.03. The van der Waals surface area contributed by atoms with Crippen LogP contribution in [0.1, 0.15) is 0 Å². The van der Waals surface area contributed by atoms with Crippen LogP contribution in [-0.4, -0.2) is 18.6 Å². The van der Waals surface area contributed by atoms with Gasteiger partial charge in [-0.05, 0) is 29.6 Å². The van der Waals surface area contributed by atoms with Gasteiger partial charge in [0.05, 0.1) is 0 Å². The topological polar surface area (TPSA) is 98.2 Å². The standard InChI is InChI=1S/C14H8ClN3O4S2/c15-8-1-2-12-11(7-8)16-14(22-12)18-24(19,20)13-9(4-6-23-13)10-3-5-21-17-10/h1-7H,(H,16,18). The van der Waals surface area contributed by atoms with Gasteiger partial charge in [0.2, 0.25) is 0 Å². The Kier molecular flexibility index (Phi) is 3.56. The molecule has 1 N–H and O–H groups in total. The number of rotatable bonds is 4. The number of anilines is 1. The molecule has 10 heteroatoms. The van der Waals surface area contributed by atoms with E-state index >= 15 is 0 Å². The van der Waals surface area contributed by atoms with Gasteiger partial charge in [0.1, 0.15) is 21.7 Å². The van der Waals surface area contributed by atoms with Crippen LogP contribution in [0, 0.1) is 0 Å². The lowest BCUT2D eigenvalue weighted by Crippen LogP contribution is -2.12. The number of hydrogen-bond donors (Lipinski definition) is 1. The largest absolute Gasteiger partial charge is 0.423 e. The van der Waals surface area contributed by atoms with Crippen LogP contribution < -0.4 is 4.72 Å². The number of halogens is 1. The maximum Gasteiger partial charge on any atom is 0.309 e. The summed E-state index contributed by atoms with van der Waals surface area (Å²) in [6.07, 6.45) is 1.38. The molecule has 3 heterocycles. The van der Waals surface area contributed by atoms with Crippen molar-refractivity contribution >= 4 is 50.1 Å². The Balaban J connectivity index is 1.72. The van der Waals surface area contributed by atoms with E-state index in [-0.39, 0.29) is 10.2 Å². The highest BCUT2D eigenvalue weighted by Crippen LogP contribution is 2.33. The Morgan fingerprint density at radius 3 is 2.88 bits per heavy atom. The zero-order valence-electron chi connectivity index (χ0n) is 11.8. The van der Waals surface area contributed by atoms with Gasteiger partial charge in [0, 0.05) is 16.7 Å². The Labute approximate surface area is 144 Å². The molecule has 4 aromatic rings. The molecule has 4 rings (SSSR count). The van der Waals surface area contributed by atoms with Gasteiger partial charge >= 0.3 is 6.01 Å². The number of thiophene rings is 1. The number of oxazole rings is 1. The summed E-state index contributed by atoms with van der Waals surface area (Å²) in [7, 11) is -3.89. The van der Waals surface area contributed by atoms with Crippen LogP contribution >= 0.6 is 22.9 Å². The molecule has 0 saturated carbocycles. The van der Waals surface area contributed by atoms with Gasteiger partial charge in [0.25, 0.3) is 10.0 Å². The van der Waals surface area contributed by atoms with Crippen molar-refractivity contribution in [2.24, 2.45) is 0 Å². The molecule has 122 valence electrons. The number of sulfonamides is 1. The predicted octanol–water partition coefficient (Wildman–Crippen LogP) is 4.00. The average molecular weight is 382 g/mol. The number of benzene rings is 1. The first kappa shape index (κ1) is 15.2. The fourth-order valence-corrected chi connectivity index (χ4v) is 4.61. The van der Waals surface area contributed by atoms with Crippen LogP contribution in [0.25, 0.3) is 22.4 Å². The normalized spacial score (nSPS) is 11.9. The van der Waals surface area contributed by atoms with E-state index in [1.54, 1.807) is 35.7 Å². The van der Waals surface area contributed by atoms with Crippen molar-refractivity contribution in [1.82, 2.24) is 10.1 Å². The highest BCUT2D eigenvalue weighted by Gasteiger charge is 2.24. The van der Waals surface area contributed by atoms with Crippen molar-refractivity contribution in [1.29, 1.82) is 0 Å². The summed E-state index contributed by atoms with van der Waals surface area (Å²) in [6, 6.07) is 7.95. The van der Waals surface area contributed by atoms with E-state index < -0.39 is 10.0 Å². The predicted molar refractivity (Wildman–Crippen MR) is 89.6 cm³/mol. The van der Waals surface area contributed by atoms with Crippen molar-refractivity contribution in [2.45, 2.75) is 4.21 Å². The van der Waals surface area contributed by atoms with E-state index in [0.717, 1.165) is 11.3 Å². The number of fused-ring (bicyclic) bond motifs is 1. The summed E-state index contributed by atoms with van der Waals surface area (Å²) in [5.74, 6) is 0. The zero-order chi connectivity index (χ0) is 16.7. The third kappa shape index (κ3) is 2.66. The first-order valence-electron chi connectivity index (χ1n) is 6.60. The summed E-state index contributed by atoms with van der Waals surface area (Å²) >= 11 is 6.95. The van der Waals surface area contributed by atoms with Gasteiger partial charge in [-0.1, -0.05) is 16.8 Å². The van der Waals surface area contributed by atoms with Crippen molar-refractivity contribution in [3.8, 4) is 11.3 Å². The lowest BCUT2D eigenvalue weighted by molar-refractivity contribution is 0.422. The lowest BCUT2D eigenvalue weighted by atomic mass is 10.2. The van der Waals surface area contributed by atoms with Gasteiger partial charge in [-0.2, -0.15) is 4.98 Å². The first-order chi connectivity index (χ1) is 11.5. The van der Waals surface area contributed by atoms with Gasteiger partial charge in [0.15, 0.2) is 5.58 Å². The van der Waals surface area contributed by atoms with E-state index in [0.29, 0.717) is 27.4 Å². The highest BCUT2D eigenvalue weighted by atomic mass is 35.5. The average Bonchev–Trinajstić information content (AvgIpc) is 3.25. The van der Waals surface area contributed by atoms with E-state index in [4.69, 9.17) is 20.5 Å². The quantitative estimate of drug-likeness (QED) is 0.573. The third-order valence-electron chi connectivity index (χ3n) is 3.16. The Morgan fingerprint density at radius 2 is 2.08 bits per heavy atom. The third-order valence-corrected chi connectivity index (χ3v) is 6.20. The van der Waals surface area contributed by atoms with Crippen molar-refractivity contribution in [3.05, 3.63) is 47.0 Å². The van der Waals surface area contributed by atoms with E-state index in [1.807, 2.05) is 0 Å². The number of hydrogen-bond acceptors (Lipinski definition) is 7. The fourth-order valence-electron chi connectivity index (χ4n) is 2.15. The number of nitrogens with zero attached hydrogens (tertiary/aromatic N) is 2. The van der Waals surface area contributed by atoms with Crippen LogP contribution in [0.15, 0.2) is 55.1 Å². The Bertz CT molecular complexity index is 1120. The molecule has 24 heavy (non-hydrogen) atoms. The maximum absolute atomic E-state index is 12.6. The molecule has 0 unspecified atom stereocenters. The van der Waals surface area contributed by atoms with Crippen LogP contribution in [0.2, 0.25) is 5.02 Å². The molecule has 0 aliphatic carbocycles. The van der Waals surface area contributed by atoms with Crippen LogP contribution in [0.3, 0.4) is 0 Å². The van der Waals surface area contributed by atoms with E-state index in [2.05, 4.69) is 14.9 Å². The summed E-state index contributed by atoms with van der Waals surface area (Å²) in [5, 5.41) is 5.91. The summed E-state index contributed by atoms with van der Waals surface area (Å²) < 4.78 is 37.9. The molecule has 0 radical (unpaired) electrons. The van der Waals surface area contributed by atoms with Crippen LogP contribution in [-0.2, 0) is 10.0 Å². The van der Waals surface area contributed by atoms with Gasteiger partial charge < -0.3 is 8.94 Å². The second-order valence-electron chi connectivity index (χ2n) is 4.74. The molecule has 0 atom stereocenters. The molecular formula is C14H8ClN3O4S2. The SMILES string of the molecule is O=S(=O)(Nc1nc2cc(Cl)ccc2o1)c1sccc1-c1ccon1. The minimum atomic E-state index is -3.89. The Hall–Kier alpha value is -2.36. The molecule has 1 aromatic carbocycles. The smallest absolute Gasteiger partial charge is 0.309 e. The molecule has 0 fully saturated rings. The number of aromatic nitrogens is 2. The fraction of sp³-hybridized carbons (Fsp3) is 0. The molecule has 0 spiro atoms. The second kappa shape index (κ2) is 5.62. The molecule has 0 saturated heterocycles. The molecule has 7 nitrogen and oxygen atoms in total. The van der Waals surface area contributed by atoms with Crippen LogP contribution in [0.4, 0.5) is 6.01 Å². The molecular weight excluding hydrogens is 374 g/mol. The second-order valence-corrected chi connectivity index (χ2v) is 7.97. The van der Waals surface area contributed by atoms with Gasteiger partial charge in [-0.15, -0.1) is 11.3 Å². The zero-order valence-corrected chi connectivity index (χ0v) is 14.2. The van der Waals surface area contributed by atoms with Gasteiger partial charge in [-0.25, -0.2) is 13.1 Å².